The Morgan fingerprint density at radius 2 is 2.04 bits per heavy atom. The number of carbonyl (C=O) groups is 2. The van der Waals surface area contributed by atoms with Crippen molar-refractivity contribution in [3.8, 4) is 0 Å². The molecule has 0 aromatic heterocycles. The highest BCUT2D eigenvalue weighted by Crippen LogP contribution is 2.28. The number of hydrogen-bond donors (Lipinski definition) is 2. The molecule has 0 aliphatic carbocycles. The monoisotopic (exact) mass is 408 g/mol. The lowest BCUT2D eigenvalue weighted by Gasteiger charge is -2.13. The molecule has 0 unspecified atom stereocenters. The predicted octanol–water partition coefficient (Wildman–Crippen LogP) is 5.01. The molecular formula is C19H18Cl2N2O2S. The molecule has 1 aliphatic heterocycles. The van der Waals surface area contributed by atoms with Crippen LogP contribution in [-0.2, 0) is 16.0 Å². The van der Waals surface area contributed by atoms with Crippen LogP contribution in [0.25, 0.3) is 0 Å². The van der Waals surface area contributed by atoms with Crippen LogP contribution in [-0.4, -0.2) is 22.8 Å². The summed E-state index contributed by atoms with van der Waals surface area (Å²) in [6, 6.07) is 12.8. The van der Waals surface area contributed by atoms with E-state index in [1.54, 1.807) is 18.2 Å². The Labute approximate surface area is 166 Å². The molecule has 2 amide bonds. The first-order valence-corrected chi connectivity index (χ1v) is 10.1. The van der Waals surface area contributed by atoms with Crippen molar-refractivity contribution in [2.24, 2.45) is 0 Å². The SMILES string of the molecule is O=C(CCS[C@H]1CCc2ccccc2NC1=O)Nc1cc(Cl)ccc1Cl. The molecule has 0 saturated carbocycles. The Morgan fingerprint density at radius 1 is 1.23 bits per heavy atom. The molecule has 0 saturated heterocycles. The Balaban J connectivity index is 1.49. The number of thioether (sulfide) groups is 1. The smallest absolute Gasteiger partial charge is 0.237 e. The van der Waals surface area contributed by atoms with Crippen LogP contribution in [0, 0.1) is 0 Å². The Morgan fingerprint density at radius 3 is 2.88 bits per heavy atom. The van der Waals surface area contributed by atoms with E-state index in [0.29, 0.717) is 27.9 Å². The fourth-order valence-electron chi connectivity index (χ4n) is 2.75. The van der Waals surface area contributed by atoms with E-state index >= 15 is 0 Å². The predicted molar refractivity (Wildman–Crippen MR) is 109 cm³/mol. The number of rotatable bonds is 5. The number of benzene rings is 2. The molecule has 1 heterocycles. The maximum absolute atomic E-state index is 12.4. The van der Waals surface area contributed by atoms with Gasteiger partial charge in [-0.1, -0.05) is 41.4 Å². The number of aryl methyl sites for hydroxylation is 1. The standard InChI is InChI=1S/C19H18Cl2N2O2S/c20-13-6-7-14(21)16(11-13)22-18(24)9-10-26-17-8-5-12-3-1-2-4-15(12)23-19(17)25/h1-4,6-7,11,17H,5,8-10H2,(H,22,24)(H,23,25)/t17-/m0/s1. The summed E-state index contributed by atoms with van der Waals surface area (Å²) >= 11 is 13.5. The van der Waals surface area contributed by atoms with Crippen molar-refractivity contribution < 1.29 is 9.59 Å². The van der Waals surface area contributed by atoms with Gasteiger partial charge >= 0.3 is 0 Å². The summed E-state index contributed by atoms with van der Waals surface area (Å²) in [4.78, 5) is 24.5. The first-order valence-electron chi connectivity index (χ1n) is 8.28. The lowest BCUT2D eigenvalue weighted by atomic mass is 10.1. The van der Waals surface area contributed by atoms with Gasteiger partial charge in [-0.25, -0.2) is 0 Å². The molecule has 4 nitrogen and oxygen atoms in total. The van der Waals surface area contributed by atoms with Crippen molar-refractivity contribution in [3.63, 3.8) is 0 Å². The zero-order valence-electron chi connectivity index (χ0n) is 13.9. The third kappa shape index (κ3) is 4.93. The summed E-state index contributed by atoms with van der Waals surface area (Å²) < 4.78 is 0. The molecule has 0 spiro atoms. The second kappa shape index (κ2) is 8.80. The largest absolute Gasteiger partial charge is 0.325 e. The molecule has 1 atom stereocenters. The molecule has 136 valence electrons. The third-order valence-electron chi connectivity index (χ3n) is 4.09. The first kappa shape index (κ1) is 19.1. The highest BCUT2D eigenvalue weighted by molar-refractivity contribution is 8.00. The fraction of sp³-hybridized carbons (Fsp3) is 0.263. The van der Waals surface area contributed by atoms with Crippen molar-refractivity contribution in [2.45, 2.75) is 24.5 Å². The van der Waals surface area contributed by atoms with Crippen LogP contribution < -0.4 is 10.6 Å². The number of carbonyl (C=O) groups excluding carboxylic acids is 2. The summed E-state index contributed by atoms with van der Waals surface area (Å²) in [5.41, 5.74) is 2.53. The van der Waals surface area contributed by atoms with Crippen LogP contribution in [0.4, 0.5) is 11.4 Å². The van der Waals surface area contributed by atoms with Crippen LogP contribution in [0.1, 0.15) is 18.4 Å². The minimum Gasteiger partial charge on any atom is -0.325 e. The van der Waals surface area contributed by atoms with Gasteiger partial charge < -0.3 is 10.6 Å². The number of para-hydroxylation sites is 1. The van der Waals surface area contributed by atoms with Gasteiger partial charge in [0.05, 0.1) is 16.0 Å². The fourth-order valence-corrected chi connectivity index (χ4v) is 4.17. The van der Waals surface area contributed by atoms with Gasteiger partial charge in [-0.15, -0.1) is 11.8 Å². The van der Waals surface area contributed by atoms with E-state index < -0.39 is 0 Å². The van der Waals surface area contributed by atoms with Crippen molar-refractivity contribution in [1.29, 1.82) is 0 Å². The van der Waals surface area contributed by atoms with E-state index in [1.165, 1.54) is 11.8 Å². The van der Waals surface area contributed by atoms with E-state index in [-0.39, 0.29) is 17.1 Å². The Hall–Kier alpha value is -1.69. The average molecular weight is 409 g/mol. The van der Waals surface area contributed by atoms with Gasteiger partial charge in [0.1, 0.15) is 0 Å². The zero-order valence-corrected chi connectivity index (χ0v) is 16.3. The molecule has 2 aromatic carbocycles. The van der Waals surface area contributed by atoms with E-state index in [0.717, 1.165) is 24.1 Å². The molecule has 2 aromatic rings. The molecular weight excluding hydrogens is 391 g/mol. The van der Waals surface area contributed by atoms with E-state index in [4.69, 9.17) is 23.2 Å². The van der Waals surface area contributed by atoms with E-state index in [1.807, 2.05) is 24.3 Å². The van der Waals surface area contributed by atoms with Gasteiger partial charge in [-0.2, -0.15) is 0 Å². The molecule has 0 bridgehead atoms. The van der Waals surface area contributed by atoms with Crippen molar-refractivity contribution in [1.82, 2.24) is 0 Å². The lowest BCUT2D eigenvalue weighted by Crippen LogP contribution is -2.24. The van der Waals surface area contributed by atoms with Gasteiger partial charge in [0.25, 0.3) is 0 Å². The number of anilines is 2. The Bertz CT molecular complexity index is 829. The quantitative estimate of drug-likeness (QED) is 0.730. The average Bonchev–Trinajstić information content (AvgIpc) is 2.77. The molecule has 0 radical (unpaired) electrons. The number of amides is 2. The van der Waals surface area contributed by atoms with Crippen LogP contribution in [0.3, 0.4) is 0 Å². The van der Waals surface area contributed by atoms with Crippen molar-refractivity contribution in [2.75, 3.05) is 16.4 Å². The van der Waals surface area contributed by atoms with Crippen LogP contribution in [0.2, 0.25) is 10.0 Å². The van der Waals surface area contributed by atoms with Gasteiger partial charge in [0.15, 0.2) is 0 Å². The van der Waals surface area contributed by atoms with Crippen molar-refractivity contribution >= 4 is 58.2 Å². The Kier molecular flexibility index (Phi) is 6.46. The summed E-state index contributed by atoms with van der Waals surface area (Å²) in [6.45, 7) is 0. The third-order valence-corrected chi connectivity index (χ3v) is 5.95. The van der Waals surface area contributed by atoms with E-state index in [9.17, 15) is 9.59 Å². The molecule has 2 N–H and O–H groups in total. The second-order valence-electron chi connectivity index (χ2n) is 5.97. The van der Waals surface area contributed by atoms with Gasteiger partial charge in [0, 0.05) is 22.9 Å². The van der Waals surface area contributed by atoms with Crippen LogP contribution in [0.5, 0.6) is 0 Å². The number of hydrogen-bond acceptors (Lipinski definition) is 3. The summed E-state index contributed by atoms with van der Waals surface area (Å²) in [6.07, 6.45) is 1.90. The maximum Gasteiger partial charge on any atom is 0.237 e. The highest BCUT2D eigenvalue weighted by Gasteiger charge is 2.23. The van der Waals surface area contributed by atoms with Gasteiger partial charge in [0.2, 0.25) is 11.8 Å². The molecule has 1 aliphatic rings. The zero-order chi connectivity index (χ0) is 18.5. The lowest BCUT2D eigenvalue weighted by molar-refractivity contribution is -0.116. The van der Waals surface area contributed by atoms with Crippen molar-refractivity contribution in [3.05, 3.63) is 58.1 Å². The topological polar surface area (TPSA) is 58.2 Å². The number of fused-ring (bicyclic) bond motifs is 1. The molecule has 7 heteroatoms. The second-order valence-corrected chi connectivity index (χ2v) is 8.12. The van der Waals surface area contributed by atoms with Crippen LogP contribution >= 0.6 is 35.0 Å². The molecule has 3 rings (SSSR count). The van der Waals surface area contributed by atoms with Gasteiger partial charge in [-0.3, -0.25) is 9.59 Å². The first-order chi connectivity index (χ1) is 12.5. The minimum absolute atomic E-state index is 0.00163. The van der Waals surface area contributed by atoms with E-state index in [2.05, 4.69) is 10.6 Å². The summed E-state index contributed by atoms with van der Waals surface area (Å²) in [7, 11) is 0. The highest BCUT2D eigenvalue weighted by atomic mass is 35.5. The molecule has 0 fully saturated rings. The summed E-state index contributed by atoms with van der Waals surface area (Å²) in [5, 5.41) is 6.52. The number of nitrogens with one attached hydrogen (secondary N) is 2. The normalized spacial score (nSPS) is 16.4. The maximum atomic E-state index is 12.4. The molecule has 26 heavy (non-hydrogen) atoms. The summed E-state index contributed by atoms with van der Waals surface area (Å²) in [5.74, 6) is 0.399. The van der Waals surface area contributed by atoms with Gasteiger partial charge in [-0.05, 0) is 42.7 Å². The number of halogens is 2. The minimum atomic E-state index is -0.162. The van der Waals surface area contributed by atoms with Crippen LogP contribution in [0.15, 0.2) is 42.5 Å².